The summed E-state index contributed by atoms with van der Waals surface area (Å²) in [5.74, 6) is 0. The second-order valence-corrected chi connectivity index (χ2v) is 4.54. The van der Waals surface area contributed by atoms with Gasteiger partial charge in [-0.2, -0.15) is 8.78 Å². The second-order valence-electron chi connectivity index (χ2n) is 3.82. The lowest BCUT2D eigenvalue weighted by molar-refractivity contribution is 0.103. The van der Waals surface area contributed by atoms with E-state index in [0.29, 0.717) is 12.6 Å². The van der Waals surface area contributed by atoms with Crippen LogP contribution in [0.25, 0.3) is 0 Å². The highest BCUT2D eigenvalue weighted by Gasteiger charge is 2.24. The Balaban J connectivity index is 1.96. The number of nitrogens with one attached hydrogen (secondary N) is 1. The molecule has 2 nitrogen and oxygen atoms in total. The van der Waals surface area contributed by atoms with Crippen LogP contribution in [0.2, 0.25) is 0 Å². The number of rotatable bonds is 4. The number of nitrogens with zero attached hydrogens (tertiary/aromatic N) is 1. The first-order valence-corrected chi connectivity index (χ1v) is 5.49. The standard InChI is InChI=1S/C10H13F2N2P/c11-10(12,15)7-1-2-9(13-5-7)6-14-8-3-4-8/h1-2,5,8,14H,3-4,6,15H2. The van der Waals surface area contributed by atoms with E-state index in [4.69, 9.17) is 0 Å². The SMILES string of the molecule is FC(F)(P)c1ccc(CNC2CC2)nc1. The largest absolute Gasteiger partial charge is 0.308 e. The zero-order valence-corrected chi connectivity index (χ0v) is 9.37. The third-order valence-electron chi connectivity index (χ3n) is 2.36. The summed E-state index contributed by atoms with van der Waals surface area (Å²) in [7, 11) is 1.51. The first-order chi connectivity index (χ1) is 7.05. The van der Waals surface area contributed by atoms with Gasteiger partial charge in [-0.05, 0) is 25.0 Å². The number of alkyl halides is 2. The van der Waals surface area contributed by atoms with Gasteiger partial charge in [0.2, 0.25) is 0 Å². The fourth-order valence-corrected chi connectivity index (χ4v) is 1.43. The maximum absolute atomic E-state index is 12.8. The molecule has 0 saturated heterocycles. The Kier molecular flexibility index (Phi) is 2.98. The van der Waals surface area contributed by atoms with Gasteiger partial charge in [-0.25, -0.2) is 0 Å². The summed E-state index contributed by atoms with van der Waals surface area (Å²) in [5, 5.41) is 3.28. The van der Waals surface area contributed by atoms with E-state index in [0.717, 1.165) is 5.69 Å². The summed E-state index contributed by atoms with van der Waals surface area (Å²) in [5.41, 5.74) is -2.14. The van der Waals surface area contributed by atoms with Crippen molar-refractivity contribution < 1.29 is 8.78 Å². The molecule has 1 saturated carbocycles. The second kappa shape index (κ2) is 4.11. The number of pyridine rings is 1. The van der Waals surface area contributed by atoms with Crippen LogP contribution < -0.4 is 5.32 Å². The minimum atomic E-state index is -2.88. The monoisotopic (exact) mass is 230 g/mol. The van der Waals surface area contributed by atoms with Gasteiger partial charge in [0.1, 0.15) is 0 Å². The van der Waals surface area contributed by atoms with Gasteiger partial charge in [-0.15, -0.1) is 0 Å². The maximum atomic E-state index is 12.8. The fraction of sp³-hybridized carbons (Fsp3) is 0.500. The van der Waals surface area contributed by atoms with Crippen LogP contribution in [0, 0.1) is 0 Å². The van der Waals surface area contributed by atoms with Gasteiger partial charge in [0, 0.05) is 24.3 Å². The molecule has 0 radical (unpaired) electrons. The van der Waals surface area contributed by atoms with Crippen LogP contribution in [0.4, 0.5) is 8.78 Å². The molecule has 1 heterocycles. The lowest BCUT2D eigenvalue weighted by atomic mass is 10.2. The smallest absolute Gasteiger partial charge is 0.285 e. The molecule has 0 amide bonds. The molecule has 5 heteroatoms. The first kappa shape index (κ1) is 10.9. The van der Waals surface area contributed by atoms with Crippen molar-refractivity contribution in [3.05, 3.63) is 29.6 Å². The Labute approximate surface area is 89.7 Å². The summed E-state index contributed by atoms with van der Waals surface area (Å²) >= 11 is 0. The summed E-state index contributed by atoms with van der Waals surface area (Å²) in [6.07, 6.45) is 3.65. The van der Waals surface area contributed by atoms with Crippen LogP contribution in [-0.2, 0) is 12.2 Å². The minimum Gasteiger partial charge on any atom is -0.308 e. The van der Waals surface area contributed by atoms with Crippen molar-refractivity contribution in [1.82, 2.24) is 10.3 Å². The molecule has 15 heavy (non-hydrogen) atoms. The third kappa shape index (κ3) is 3.18. The van der Waals surface area contributed by atoms with E-state index < -0.39 is 5.66 Å². The molecule has 0 aliphatic heterocycles. The molecule has 0 aromatic carbocycles. The highest BCUT2D eigenvalue weighted by atomic mass is 31.0. The molecule has 82 valence electrons. The van der Waals surface area contributed by atoms with E-state index in [1.165, 1.54) is 34.3 Å². The van der Waals surface area contributed by atoms with Crippen molar-refractivity contribution in [2.24, 2.45) is 0 Å². The molecule has 2 rings (SSSR count). The average molecular weight is 230 g/mol. The lowest BCUT2D eigenvalue weighted by Crippen LogP contribution is -2.16. The quantitative estimate of drug-likeness (QED) is 0.802. The molecular formula is C10H13F2N2P. The number of halogens is 2. The third-order valence-corrected chi connectivity index (χ3v) is 2.69. The molecule has 1 atom stereocenters. The molecular weight excluding hydrogens is 217 g/mol. The number of hydrogen-bond acceptors (Lipinski definition) is 2. The number of aromatic nitrogens is 1. The predicted octanol–water partition coefficient (Wildman–Crippen LogP) is 2.26. The lowest BCUT2D eigenvalue weighted by Gasteiger charge is -2.10. The van der Waals surface area contributed by atoms with E-state index in [2.05, 4.69) is 10.3 Å². The van der Waals surface area contributed by atoms with Crippen molar-refractivity contribution in [3.63, 3.8) is 0 Å². The van der Waals surface area contributed by atoms with Gasteiger partial charge in [-0.1, -0.05) is 9.24 Å². The zero-order chi connectivity index (χ0) is 10.9. The Morgan fingerprint density at radius 1 is 1.47 bits per heavy atom. The summed E-state index contributed by atoms with van der Waals surface area (Å²) in [6, 6.07) is 3.67. The van der Waals surface area contributed by atoms with Gasteiger partial charge in [0.25, 0.3) is 5.66 Å². The first-order valence-electron chi connectivity index (χ1n) is 4.91. The summed E-state index contributed by atoms with van der Waals surface area (Å²) in [6.45, 7) is 0.660. The van der Waals surface area contributed by atoms with Crippen LogP contribution >= 0.6 is 9.24 Å². The normalized spacial score (nSPS) is 16.7. The van der Waals surface area contributed by atoms with E-state index >= 15 is 0 Å². The molecule has 0 bridgehead atoms. The molecule has 1 aromatic rings. The zero-order valence-electron chi connectivity index (χ0n) is 8.21. The van der Waals surface area contributed by atoms with Crippen LogP contribution in [-0.4, -0.2) is 11.0 Å². The molecule has 1 N–H and O–H groups in total. The van der Waals surface area contributed by atoms with Gasteiger partial charge in [-0.3, -0.25) is 4.98 Å². The van der Waals surface area contributed by atoms with Gasteiger partial charge in [0.05, 0.1) is 5.69 Å². The molecule has 1 fully saturated rings. The van der Waals surface area contributed by atoms with Crippen molar-refractivity contribution in [3.8, 4) is 0 Å². The van der Waals surface area contributed by atoms with Gasteiger partial charge >= 0.3 is 0 Å². The molecule has 0 spiro atoms. The summed E-state index contributed by atoms with van der Waals surface area (Å²) in [4.78, 5) is 3.99. The van der Waals surface area contributed by atoms with Crippen LogP contribution in [0.5, 0.6) is 0 Å². The topological polar surface area (TPSA) is 24.9 Å². The van der Waals surface area contributed by atoms with Gasteiger partial charge in [0.15, 0.2) is 0 Å². The van der Waals surface area contributed by atoms with Crippen molar-refractivity contribution >= 4 is 9.24 Å². The highest BCUT2D eigenvalue weighted by molar-refractivity contribution is 7.17. The predicted molar refractivity (Wildman–Crippen MR) is 57.7 cm³/mol. The van der Waals surface area contributed by atoms with Crippen molar-refractivity contribution in [2.75, 3.05) is 0 Å². The van der Waals surface area contributed by atoms with Crippen molar-refractivity contribution in [2.45, 2.75) is 31.1 Å². The summed E-state index contributed by atoms with van der Waals surface area (Å²) < 4.78 is 25.6. The van der Waals surface area contributed by atoms with E-state index in [9.17, 15) is 8.78 Å². The van der Waals surface area contributed by atoms with Gasteiger partial charge < -0.3 is 5.32 Å². The van der Waals surface area contributed by atoms with E-state index in [1.807, 2.05) is 0 Å². The molecule has 1 aromatic heterocycles. The molecule has 1 unspecified atom stereocenters. The maximum Gasteiger partial charge on any atom is 0.285 e. The van der Waals surface area contributed by atoms with Crippen molar-refractivity contribution in [1.29, 1.82) is 0 Å². The Hall–Kier alpha value is -0.600. The highest BCUT2D eigenvalue weighted by Crippen LogP contribution is 2.34. The Bertz CT molecular complexity index is 330. The molecule has 1 aliphatic rings. The number of hydrogen-bond donors (Lipinski definition) is 1. The Morgan fingerprint density at radius 3 is 2.67 bits per heavy atom. The van der Waals surface area contributed by atoms with E-state index in [-0.39, 0.29) is 5.56 Å². The van der Waals surface area contributed by atoms with E-state index in [1.54, 1.807) is 6.07 Å². The molecule has 1 aliphatic carbocycles. The minimum absolute atomic E-state index is 0.0670. The fourth-order valence-electron chi connectivity index (χ4n) is 1.26. The van der Waals surface area contributed by atoms with Crippen LogP contribution in [0.3, 0.4) is 0 Å². The van der Waals surface area contributed by atoms with Crippen LogP contribution in [0.15, 0.2) is 18.3 Å². The Morgan fingerprint density at radius 2 is 2.20 bits per heavy atom. The van der Waals surface area contributed by atoms with Crippen LogP contribution in [0.1, 0.15) is 24.1 Å². The average Bonchev–Trinajstić information content (AvgIpc) is 2.97.